The van der Waals surface area contributed by atoms with Gasteiger partial charge in [0, 0.05) is 28.1 Å². The molecule has 1 aliphatic rings. The lowest BCUT2D eigenvalue weighted by Gasteiger charge is -2.22. The normalized spacial score (nSPS) is 18.2. The van der Waals surface area contributed by atoms with Crippen molar-refractivity contribution >= 4 is 29.1 Å². The Hall–Kier alpha value is -0.770. The first-order chi connectivity index (χ1) is 8.50. The van der Waals surface area contributed by atoms with E-state index in [0.717, 1.165) is 18.4 Å². The summed E-state index contributed by atoms with van der Waals surface area (Å²) in [6, 6.07) is 5.39. The van der Waals surface area contributed by atoms with Crippen molar-refractivity contribution in [3.05, 3.63) is 33.8 Å². The molecule has 1 unspecified atom stereocenters. The quantitative estimate of drug-likeness (QED) is 0.894. The average Bonchev–Trinajstić information content (AvgIpc) is 3.08. The Morgan fingerprint density at radius 3 is 2.44 bits per heavy atom. The average molecular weight is 287 g/mol. The third kappa shape index (κ3) is 2.48. The molecular weight excluding hydrogens is 271 g/mol. The van der Waals surface area contributed by atoms with Crippen LogP contribution in [0, 0.1) is 5.92 Å². The minimum atomic E-state index is -0.393. The second-order valence-corrected chi connectivity index (χ2v) is 5.62. The Morgan fingerprint density at radius 2 is 2.00 bits per heavy atom. The van der Waals surface area contributed by atoms with E-state index >= 15 is 0 Å². The van der Waals surface area contributed by atoms with Crippen molar-refractivity contribution < 1.29 is 4.79 Å². The topological polar surface area (TPSA) is 55.1 Å². The van der Waals surface area contributed by atoms with E-state index in [1.807, 2.05) is 0 Å². The first-order valence-corrected chi connectivity index (χ1v) is 6.72. The van der Waals surface area contributed by atoms with Gasteiger partial charge in [-0.15, -0.1) is 0 Å². The summed E-state index contributed by atoms with van der Waals surface area (Å²) in [5.41, 5.74) is 5.93. The molecule has 5 heteroatoms. The van der Waals surface area contributed by atoms with Gasteiger partial charge in [0.05, 0.1) is 5.54 Å². The fraction of sp³-hybridized carbons (Fsp3) is 0.462. The van der Waals surface area contributed by atoms with Gasteiger partial charge in [-0.25, -0.2) is 0 Å². The van der Waals surface area contributed by atoms with E-state index in [1.165, 1.54) is 0 Å². The third-order valence-electron chi connectivity index (χ3n) is 3.35. The molecule has 1 atom stereocenters. The van der Waals surface area contributed by atoms with E-state index in [0.29, 0.717) is 16.6 Å². The maximum absolute atomic E-state index is 11.9. The summed E-state index contributed by atoms with van der Waals surface area (Å²) in [7, 11) is 0. The number of carbonyl (C=O) groups is 1. The van der Waals surface area contributed by atoms with Crippen LogP contribution in [0.3, 0.4) is 0 Å². The summed E-state index contributed by atoms with van der Waals surface area (Å²) >= 11 is 12.4. The Morgan fingerprint density at radius 1 is 1.44 bits per heavy atom. The van der Waals surface area contributed by atoms with Crippen LogP contribution < -0.4 is 11.1 Å². The van der Waals surface area contributed by atoms with Crippen LogP contribution in [-0.2, 0) is 10.3 Å². The molecule has 0 bridgehead atoms. The molecule has 1 saturated carbocycles. The molecule has 0 aromatic heterocycles. The predicted molar refractivity (Wildman–Crippen MR) is 73.7 cm³/mol. The predicted octanol–water partition coefficient (Wildman–Crippen LogP) is 2.69. The highest BCUT2D eigenvalue weighted by atomic mass is 35.5. The van der Waals surface area contributed by atoms with Crippen LogP contribution in [0.25, 0.3) is 0 Å². The molecule has 1 aliphatic carbocycles. The number of nitrogens with two attached hydrogens (primary N) is 1. The molecule has 2 rings (SSSR count). The Balaban J connectivity index is 2.25. The van der Waals surface area contributed by atoms with Gasteiger partial charge in [-0.3, -0.25) is 4.79 Å². The second-order valence-electron chi connectivity index (χ2n) is 4.80. The van der Waals surface area contributed by atoms with E-state index in [9.17, 15) is 4.79 Å². The second kappa shape index (κ2) is 5.08. The Bertz CT molecular complexity index is 452. The highest BCUT2D eigenvalue weighted by Gasteiger charge is 2.48. The third-order valence-corrected chi connectivity index (χ3v) is 3.98. The lowest BCUT2D eigenvalue weighted by Crippen LogP contribution is -2.40. The zero-order chi connectivity index (χ0) is 13.3. The first kappa shape index (κ1) is 13.7. The largest absolute Gasteiger partial charge is 0.346 e. The van der Waals surface area contributed by atoms with Crippen LogP contribution in [0.5, 0.6) is 0 Å². The number of carbonyl (C=O) groups excluding carboxylic acids is 1. The van der Waals surface area contributed by atoms with Crippen LogP contribution in [-0.4, -0.2) is 12.5 Å². The molecular formula is C13H16Cl2N2O. The summed E-state index contributed by atoms with van der Waals surface area (Å²) in [6.07, 6.45) is 1.72. The van der Waals surface area contributed by atoms with Gasteiger partial charge in [-0.05, 0) is 25.0 Å². The fourth-order valence-electron chi connectivity index (χ4n) is 1.98. The van der Waals surface area contributed by atoms with E-state index in [4.69, 9.17) is 28.9 Å². The molecule has 98 valence electrons. The zero-order valence-corrected chi connectivity index (χ0v) is 11.7. The van der Waals surface area contributed by atoms with Crippen LogP contribution in [0.15, 0.2) is 18.2 Å². The van der Waals surface area contributed by atoms with Gasteiger partial charge < -0.3 is 11.1 Å². The fourth-order valence-corrected chi connectivity index (χ4v) is 2.74. The number of nitrogens with one attached hydrogen (secondary N) is 1. The van der Waals surface area contributed by atoms with Crippen molar-refractivity contribution in [3.8, 4) is 0 Å². The summed E-state index contributed by atoms with van der Waals surface area (Å²) in [5, 5.41) is 4.22. The van der Waals surface area contributed by atoms with Crippen LogP contribution in [0.4, 0.5) is 0 Å². The number of halogens is 2. The minimum absolute atomic E-state index is 0.0500. The van der Waals surface area contributed by atoms with Crippen LogP contribution in [0.1, 0.15) is 25.3 Å². The standard InChI is InChI=1S/C13H16Cl2N2O/c1-8(7-16)12(18)17-13(5-6-13)11-9(14)3-2-4-10(11)15/h2-4,8H,5-7,16H2,1H3,(H,17,18). The smallest absolute Gasteiger partial charge is 0.224 e. The van der Waals surface area contributed by atoms with E-state index in [1.54, 1.807) is 25.1 Å². The molecule has 0 radical (unpaired) electrons. The first-order valence-electron chi connectivity index (χ1n) is 5.97. The van der Waals surface area contributed by atoms with E-state index < -0.39 is 5.54 Å². The zero-order valence-electron chi connectivity index (χ0n) is 10.2. The van der Waals surface area contributed by atoms with Gasteiger partial charge >= 0.3 is 0 Å². The van der Waals surface area contributed by atoms with Crippen molar-refractivity contribution in [2.45, 2.75) is 25.3 Å². The summed E-state index contributed by atoms with van der Waals surface area (Å²) < 4.78 is 0. The maximum atomic E-state index is 11.9. The Kier molecular flexibility index (Phi) is 3.85. The van der Waals surface area contributed by atoms with Gasteiger partial charge in [0.2, 0.25) is 5.91 Å². The monoisotopic (exact) mass is 286 g/mol. The maximum Gasteiger partial charge on any atom is 0.224 e. The highest BCUT2D eigenvalue weighted by Crippen LogP contribution is 2.50. The number of amides is 1. The Labute approximate surface area is 117 Å². The summed E-state index contributed by atoms with van der Waals surface area (Å²) in [4.78, 5) is 11.9. The molecule has 1 aromatic carbocycles. The van der Waals surface area contributed by atoms with Crippen molar-refractivity contribution in [1.29, 1.82) is 0 Å². The van der Waals surface area contributed by atoms with Crippen molar-refractivity contribution in [2.24, 2.45) is 11.7 Å². The molecule has 18 heavy (non-hydrogen) atoms. The molecule has 1 aromatic rings. The minimum Gasteiger partial charge on any atom is -0.346 e. The van der Waals surface area contributed by atoms with Gasteiger partial charge in [0.15, 0.2) is 0 Å². The number of hydrogen-bond acceptors (Lipinski definition) is 2. The van der Waals surface area contributed by atoms with Gasteiger partial charge in [0.1, 0.15) is 0 Å². The lowest BCUT2D eigenvalue weighted by molar-refractivity contribution is -0.125. The number of rotatable bonds is 4. The molecule has 0 aliphatic heterocycles. The van der Waals surface area contributed by atoms with Gasteiger partial charge in [-0.1, -0.05) is 36.2 Å². The number of hydrogen-bond donors (Lipinski definition) is 2. The molecule has 1 fully saturated rings. The van der Waals surface area contributed by atoms with Crippen molar-refractivity contribution in [1.82, 2.24) is 5.32 Å². The SMILES string of the molecule is CC(CN)C(=O)NC1(c2c(Cl)cccc2Cl)CC1. The van der Waals surface area contributed by atoms with Gasteiger partial charge in [-0.2, -0.15) is 0 Å². The van der Waals surface area contributed by atoms with Crippen LogP contribution >= 0.6 is 23.2 Å². The summed E-state index contributed by atoms with van der Waals surface area (Å²) in [5.74, 6) is -0.255. The van der Waals surface area contributed by atoms with E-state index in [2.05, 4.69) is 5.32 Å². The molecule has 1 amide bonds. The van der Waals surface area contributed by atoms with E-state index in [-0.39, 0.29) is 11.8 Å². The molecule has 3 nitrogen and oxygen atoms in total. The summed E-state index contributed by atoms with van der Waals surface area (Å²) in [6.45, 7) is 2.14. The molecule has 0 saturated heterocycles. The molecule has 0 heterocycles. The van der Waals surface area contributed by atoms with Crippen LogP contribution in [0.2, 0.25) is 10.0 Å². The molecule has 0 spiro atoms. The van der Waals surface area contributed by atoms with Crippen molar-refractivity contribution in [2.75, 3.05) is 6.54 Å². The molecule has 3 N–H and O–H groups in total. The number of benzene rings is 1. The van der Waals surface area contributed by atoms with Gasteiger partial charge in [0.25, 0.3) is 0 Å². The lowest BCUT2D eigenvalue weighted by atomic mass is 10.0. The van der Waals surface area contributed by atoms with Crippen molar-refractivity contribution in [3.63, 3.8) is 0 Å². The highest BCUT2D eigenvalue weighted by molar-refractivity contribution is 6.36.